The predicted molar refractivity (Wildman–Crippen MR) is 82.5 cm³/mol. The van der Waals surface area contributed by atoms with Crippen LogP contribution >= 0.6 is 0 Å². The van der Waals surface area contributed by atoms with Crippen molar-refractivity contribution >= 4 is 21.7 Å². The van der Waals surface area contributed by atoms with Crippen molar-refractivity contribution in [3.05, 3.63) is 23.4 Å². The van der Waals surface area contributed by atoms with Gasteiger partial charge in [-0.1, -0.05) is 13.8 Å². The first-order chi connectivity index (χ1) is 9.63. The van der Waals surface area contributed by atoms with Crippen LogP contribution in [0.25, 0.3) is 0 Å². The quantitative estimate of drug-likeness (QED) is 0.791. The first-order valence-corrected chi connectivity index (χ1v) is 8.20. The van der Waals surface area contributed by atoms with Gasteiger partial charge in [0.25, 0.3) is 5.91 Å². The Morgan fingerprint density at radius 2 is 2.00 bits per heavy atom. The maximum atomic E-state index is 12.0. The van der Waals surface area contributed by atoms with Crippen LogP contribution in [0.4, 0.5) is 5.82 Å². The summed E-state index contributed by atoms with van der Waals surface area (Å²) in [5.41, 5.74) is 6.79. The van der Waals surface area contributed by atoms with Crippen LogP contribution < -0.4 is 11.1 Å². The lowest BCUT2D eigenvalue weighted by Gasteiger charge is -2.12. The van der Waals surface area contributed by atoms with Crippen LogP contribution in [0.15, 0.2) is 12.1 Å². The van der Waals surface area contributed by atoms with Crippen molar-refractivity contribution in [3.8, 4) is 0 Å². The second-order valence-corrected chi connectivity index (χ2v) is 7.52. The van der Waals surface area contributed by atoms with Crippen LogP contribution in [0.5, 0.6) is 0 Å². The van der Waals surface area contributed by atoms with Gasteiger partial charge in [0.05, 0.1) is 5.75 Å². The number of nitrogens with one attached hydrogen (secondary N) is 1. The number of nitrogen functional groups attached to an aromatic ring is 1. The molecule has 0 saturated carbocycles. The molecule has 118 valence electrons. The normalized spacial score (nSPS) is 11.9. The molecule has 0 fully saturated rings. The Morgan fingerprint density at radius 3 is 2.52 bits per heavy atom. The lowest BCUT2D eigenvalue weighted by atomic mass is 10.1. The molecule has 1 rings (SSSR count). The molecule has 1 aromatic rings. The van der Waals surface area contributed by atoms with Gasteiger partial charge in [-0.15, -0.1) is 0 Å². The number of amides is 1. The molecule has 0 aliphatic carbocycles. The Morgan fingerprint density at radius 1 is 1.38 bits per heavy atom. The number of hydrogen-bond acceptors (Lipinski definition) is 5. The largest absolute Gasteiger partial charge is 0.384 e. The van der Waals surface area contributed by atoms with Crippen LogP contribution in [0.3, 0.4) is 0 Å². The van der Waals surface area contributed by atoms with E-state index in [9.17, 15) is 13.2 Å². The average Bonchev–Trinajstić information content (AvgIpc) is 2.37. The van der Waals surface area contributed by atoms with E-state index in [0.717, 1.165) is 10.00 Å². The number of sulfonamides is 1. The average molecular weight is 314 g/mol. The zero-order chi connectivity index (χ0) is 16.2. The van der Waals surface area contributed by atoms with E-state index in [-0.39, 0.29) is 29.9 Å². The predicted octanol–water partition coefficient (Wildman–Crippen LogP) is 0.408. The lowest BCUT2D eigenvalue weighted by Crippen LogP contribution is -2.34. The fourth-order valence-corrected chi connectivity index (χ4v) is 2.30. The van der Waals surface area contributed by atoms with E-state index in [4.69, 9.17) is 5.73 Å². The van der Waals surface area contributed by atoms with Crippen LogP contribution in [-0.2, 0) is 10.0 Å². The second-order valence-electron chi connectivity index (χ2n) is 5.21. The van der Waals surface area contributed by atoms with E-state index in [2.05, 4.69) is 10.3 Å². The van der Waals surface area contributed by atoms with Crippen molar-refractivity contribution in [3.63, 3.8) is 0 Å². The fraction of sp³-hybridized carbons (Fsp3) is 0.538. The standard InChI is InChI=1S/C13H22N4O3S/c1-9(2)11-7-10(8-12(14)16-11)13(18)15-5-6-21(19,20)17(3)4/h7-9H,5-6H2,1-4H3,(H2,14,16)(H,15,18). The lowest BCUT2D eigenvalue weighted by molar-refractivity contribution is 0.0956. The number of carbonyl (C=O) groups excluding carboxylic acids is 1. The highest BCUT2D eigenvalue weighted by molar-refractivity contribution is 7.89. The molecule has 0 unspecified atom stereocenters. The molecular formula is C13H22N4O3S. The first kappa shape index (κ1) is 17.4. The van der Waals surface area contributed by atoms with Crippen molar-refractivity contribution in [1.82, 2.24) is 14.6 Å². The summed E-state index contributed by atoms with van der Waals surface area (Å²) in [5, 5.41) is 2.58. The molecule has 0 saturated heterocycles. The maximum absolute atomic E-state index is 12.0. The molecule has 0 aliphatic rings. The molecule has 1 amide bonds. The van der Waals surface area contributed by atoms with Gasteiger partial charge in [0, 0.05) is 31.9 Å². The van der Waals surface area contributed by atoms with Gasteiger partial charge < -0.3 is 11.1 Å². The Kier molecular flexibility index (Phi) is 5.68. The van der Waals surface area contributed by atoms with Crippen molar-refractivity contribution < 1.29 is 13.2 Å². The third kappa shape index (κ3) is 4.98. The number of aromatic nitrogens is 1. The SMILES string of the molecule is CC(C)c1cc(C(=O)NCCS(=O)(=O)N(C)C)cc(N)n1. The summed E-state index contributed by atoms with van der Waals surface area (Å²) in [4.78, 5) is 16.2. The summed E-state index contributed by atoms with van der Waals surface area (Å²) in [5.74, 6) is -0.0926. The molecule has 1 aromatic heterocycles. The monoisotopic (exact) mass is 314 g/mol. The molecule has 8 heteroatoms. The highest BCUT2D eigenvalue weighted by atomic mass is 32.2. The highest BCUT2D eigenvalue weighted by Crippen LogP contribution is 2.15. The van der Waals surface area contributed by atoms with Crippen LogP contribution in [-0.4, -0.2) is 50.0 Å². The van der Waals surface area contributed by atoms with Gasteiger partial charge in [0.15, 0.2) is 0 Å². The topological polar surface area (TPSA) is 105 Å². The third-order valence-electron chi connectivity index (χ3n) is 2.92. The van der Waals surface area contributed by atoms with Crippen molar-refractivity contribution in [2.45, 2.75) is 19.8 Å². The summed E-state index contributed by atoms with van der Waals surface area (Å²) in [6.07, 6.45) is 0. The van der Waals surface area contributed by atoms with Crippen molar-refractivity contribution in [2.24, 2.45) is 0 Å². The van der Waals surface area contributed by atoms with Gasteiger partial charge in [-0.3, -0.25) is 4.79 Å². The van der Waals surface area contributed by atoms with Crippen LogP contribution in [0, 0.1) is 0 Å². The summed E-state index contributed by atoms with van der Waals surface area (Å²) in [6, 6.07) is 3.14. The molecule has 0 aromatic carbocycles. The molecule has 0 atom stereocenters. The number of nitrogens with zero attached hydrogens (tertiary/aromatic N) is 2. The number of hydrogen-bond donors (Lipinski definition) is 2. The Labute approximate surface area is 125 Å². The summed E-state index contributed by atoms with van der Waals surface area (Å²) >= 11 is 0. The van der Waals surface area contributed by atoms with E-state index < -0.39 is 10.0 Å². The number of pyridine rings is 1. The molecule has 0 radical (unpaired) electrons. The molecule has 0 aliphatic heterocycles. The smallest absolute Gasteiger partial charge is 0.251 e. The molecule has 0 spiro atoms. The molecule has 21 heavy (non-hydrogen) atoms. The zero-order valence-electron chi connectivity index (χ0n) is 12.8. The number of carbonyl (C=O) groups is 1. The molecule has 7 nitrogen and oxygen atoms in total. The molecule has 3 N–H and O–H groups in total. The van der Waals surface area contributed by atoms with Crippen molar-refractivity contribution in [2.75, 3.05) is 32.1 Å². The Balaban J connectivity index is 2.73. The molecule has 1 heterocycles. The van der Waals surface area contributed by atoms with Gasteiger partial charge in [0.1, 0.15) is 5.82 Å². The fourth-order valence-electron chi connectivity index (χ4n) is 1.58. The molecular weight excluding hydrogens is 292 g/mol. The number of rotatable bonds is 6. The number of anilines is 1. The van der Waals surface area contributed by atoms with Crippen molar-refractivity contribution in [1.29, 1.82) is 0 Å². The minimum Gasteiger partial charge on any atom is -0.384 e. The summed E-state index contributed by atoms with van der Waals surface area (Å²) in [7, 11) is -0.416. The summed E-state index contributed by atoms with van der Waals surface area (Å²) in [6.45, 7) is 3.94. The van der Waals surface area contributed by atoms with Gasteiger partial charge in [-0.25, -0.2) is 17.7 Å². The minimum absolute atomic E-state index is 0.0403. The van der Waals surface area contributed by atoms with Crippen LogP contribution in [0.1, 0.15) is 35.8 Å². The number of nitrogens with two attached hydrogens (primary N) is 1. The minimum atomic E-state index is -3.32. The van der Waals surface area contributed by atoms with Gasteiger partial charge in [-0.05, 0) is 18.1 Å². The summed E-state index contributed by atoms with van der Waals surface area (Å²) < 4.78 is 24.3. The maximum Gasteiger partial charge on any atom is 0.251 e. The van der Waals surface area contributed by atoms with Gasteiger partial charge >= 0.3 is 0 Å². The Hall–Kier alpha value is -1.67. The van der Waals surface area contributed by atoms with Gasteiger partial charge in [0.2, 0.25) is 10.0 Å². The first-order valence-electron chi connectivity index (χ1n) is 6.59. The molecule has 0 bridgehead atoms. The zero-order valence-corrected chi connectivity index (χ0v) is 13.6. The van der Waals surface area contributed by atoms with E-state index in [1.165, 1.54) is 20.2 Å². The van der Waals surface area contributed by atoms with Crippen LogP contribution in [0.2, 0.25) is 0 Å². The second kappa shape index (κ2) is 6.86. The Bertz CT molecular complexity index is 612. The third-order valence-corrected chi connectivity index (χ3v) is 4.75. The van der Waals surface area contributed by atoms with E-state index in [1.807, 2.05) is 13.8 Å². The van der Waals surface area contributed by atoms with E-state index in [0.29, 0.717) is 5.56 Å². The highest BCUT2D eigenvalue weighted by Gasteiger charge is 2.15. The van der Waals surface area contributed by atoms with Gasteiger partial charge in [-0.2, -0.15) is 0 Å². The van der Waals surface area contributed by atoms with E-state index >= 15 is 0 Å². The van der Waals surface area contributed by atoms with E-state index in [1.54, 1.807) is 6.07 Å².